The maximum absolute atomic E-state index is 12.1. The molecule has 2 rings (SSSR count). The first-order valence-electron chi connectivity index (χ1n) is 6.03. The van der Waals surface area contributed by atoms with Gasteiger partial charge >= 0.3 is 0 Å². The van der Waals surface area contributed by atoms with E-state index in [4.69, 9.17) is 5.11 Å². The molecular weight excluding hydrogens is 228 g/mol. The number of rotatable bonds is 7. The van der Waals surface area contributed by atoms with E-state index < -0.39 is 10.2 Å². The highest BCUT2D eigenvalue weighted by Gasteiger charge is 2.36. The fourth-order valence-electron chi connectivity index (χ4n) is 1.88. The number of aliphatic hydroxyl groups excluding tert-OH is 1. The van der Waals surface area contributed by atoms with E-state index in [1.807, 2.05) is 0 Å². The van der Waals surface area contributed by atoms with Crippen LogP contribution >= 0.6 is 0 Å². The smallest absolute Gasteiger partial charge is 0.279 e. The zero-order valence-electron chi connectivity index (χ0n) is 9.43. The lowest BCUT2D eigenvalue weighted by molar-refractivity contribution is 0.196. The van der Waals surface area contributed by atoms with Gasteiger partial charge in [0.05, 0.1) is 0 Å². The van der Waals surface area contributed by atoms with Crippen molar-refractivity contribution in [1.82, 2.24) is 9.03 Å². The maximum Gasteiger partial charge on any atom is 0.279 e. The van der Waals surface area contributed by atoms with Crippen molar-refractivity contribution in [3.05, 3.63) is 0 Å². The van der Waals surface area contributed by atoms with Crippen molar-refractivity contribution in [2.75, 3.05) is 13.2 Å². The number of hydrogen-bond acceptors (Lipinski definition) is 3. The van der Waals surface area contributed by atoms with Gasteiger partial charge in [0, 0.05) is 25.2 Å². The second-order valence-electron chi connectivity index (χ2n) is 4.67. The molecule has 0 saturated heterocycles. The first kappa shape index (κ1) is 12.3. The van der Waals surface area contributed by atoms with Crippen LogP contribution in [0, 0.1) is 0 Å². The summed E-state index contributed by atoms with van der Waals surface area (Å²) in [6.45, 7) is 0.478. The van der Waals surface area contributed by atoms with Crippen LogP contribution in [0.5, 0.6) is 0 Å². The molecule has 0 unspecified atom stereocenters. The van der Waals surface area contributed by atoms with E-state index in [0.29, 0.717) is 13.0 Å². The van der Waals surface area contributed by atoms with Gasteiger partial charge in [0.1, 0.15) is 0 Å². The SMILES string of the molecule is O=S(=O)(NC1CC1)N(CCCO)C1CCC1. The Kier molecular flexibility index (Phi) is 3.84. The lowest BCUT2D eigenvalue weighted by atomic mass is 9.93. The van der Waals surface area contributed by atoms with Crippen LogP contribution in [0.25, 0.3) is 0 Å². The van der Waals surface area contributed by atoms with E-state index in [1.165, 1.54) is 0 Å². The highest BCUT2D eigenvalue weighted by atomic mass is 32.2. The molecule has 94 valence electrons. The second-order valence-corrected chi connectivity index (χ2v) is 6.32. The predicted octanol–water partition coefficient (Wildman–Crippen LogP) is 0.220. The summed E-state index contributed by atoms with van der Waals surface area (Å²) < 4.78 is 28.4. The van der Waals surface area contributed by atoms with Gasteiger partial charge in [-0.15, -0.1) is 0 Å². The van der Waals surface area contributed by atoms with Crippen molar-refractivity contribution in [2.24, 2.45) is 0 Å². The normalized spacial score (nSPS) is 22.4. The molecule has 5 nitrogen and oxygen atoms in total. The molecule has 2 saturated carbocycles. The molecule has 0 aromatic heterocycles. The molecule has 0 atom stereocenters. The number of nitrogens with one attached hydrogen (secondary N) is 1. The second kappa shape index (κ2) is 5.00. The van der Waals surface area contributed by atoms with Crippen molar-refractivity contribution in [3.63, 3.8) is 0 Å². The Morgan fingerprint density at radius 2 is 1.94 bits per heavy atom. The molecule has 0 radical (unpaired) electrons. The van der Waals surface area contributed by atoms with Crippen LogP contribution in [-0.2, 0) is 10.2 Å². The van der Waals surface area contributed by atoms with Crippen molar-refractivity contribution >= 4 is 10.2 Å². The van der Waals surface area contributed by atoms with Gasteiger partial charge in [-0.25, -0.2) is 0 Å². The van der Waals surface area contributed by atoms with E-state index in [2.05, 4.69) is 4.72 Å². The molecule has 0 bridgehead atoms. The standard InChI is InChI=1S/C10H20N2O3S/c13-8-2-7-12(10-3-1-4-10)16(14,15)11-9-5-6-9/h9-11,13H,1-8H2. The quantitative estimate of drug-likeness (QED) is 0.677. The number of aliphatic hydroxyl groups is 1. The molecule has 0 heterocycles. The first-order chi connectivity index (χ1) is 7.63. The zero-order chi connectivity index (χ0) is 11.6. The van der Waals surface area contributed by atoms with Crippen molar-refractivity contribution < 1.29 is 13.5 Å². The summed E-state index contributed by atoms with van der Waals surface area (Å²) in [6.07, 6.45) is 5.45. The molecule has 2 fully saturated rings. The molecule has 0 aliphatic heterocycles. The molecule has 16 heavy (non-hydrogen) atoms. The molecule has 6 heteroatoms. The highest BCUT2D eigenvalue weighted by molar-refractivity contribution is 7.87. The van der Waals surface area contributed by atoms with E-state index in [9.17, 15) is 8.42 Å². The van der Waals surface area contributed by atoms with Crippen LogP contribution in [-0.4, -0.2) is 43.1 Å². The Balaban J connectivity index is 1.97. The third-order valence-corrected chi connectivity index (χ3v) is 4.95. The Morgan fingerprint density at radius 3 is 2.38 bits per heavy atom. The summed E-state index contributed by atoms with van der Waals surface area (Å²) in [5.74, 6) is 0. The zero-order valence-corrected chi connectivity index (χ0v) is 10.2. The minimum atomic E-state index is -3.32. The van der Waals surface area contributed by atoms with Crippen LogP contribution in [0.2, 0.25) is 0 Å². The van der Waals surface area contributed by atoms with Crippen LogP contribution < -0.4 is 4.72 Å². The average Bonchev–Trinajstić information content (AvgIpc) is 2.91. The summed E-state index contributed by atoms with van der Waals surface area (Å²) in [5, 5.41) is 8.81. The lowest BCUT2D eigenvalue weighted by Gasteiger charge is -2.36. The third-order valence-electron chi connectivity index (χ3n) is 3.22. The highest BCUT2D eigenvalue weighted by Crippen LogP contribution is 2.28. The topological polar surface area (TPSA) is 69.6 Å². The first-order valence-corrected chi connectivity index (χ1v) is 7.47. The summed E-state index contributed by atoms with van der Waals surface area (Å²) in [4.78, 5) is 0. The van der Waals surface area contributed by atoms with Gasteiger partial charge in [-0.05, 0) is 32.1 Å². The molecule has 0 aromatic carbocycles. The fraction of sp³-hybridized carbons (Fsp3) is 1.00. The fourth-order valence-corrected chi connectivity index (χ4v) is 3.64. The molecular formula is C10H20N2O3S. The van der Waals surface area contributed by atoms with Gasteiger partial charge < -0.3 is 5.11 Å². The summed E-state index contributed by atoms with van der Waals surface area (Å²) in [6, 6.07) is 0.310. The van der Waals surface area contributed by atoms with Crippen molar-refractivity contribution in [2.45, 2.75) is 50.6 Å². The summed E-state index contributed by atoms with van der Waals surface area (Å²) in [7, 11) is -3.32. The van der Waals surface area contributed by atoms with Gasteiger partial charge in [-0.1, -0.05) is 6.42 Å². The van der Waals surface area contributed by atoms with Gasteiger partial charge in [0.25, 0.3) is 10.2 Å². The van der Waals surface area contributed by atoms with Crippen LogP contribution in [0.3, 0.4) is 0 Å². The Hall–Kier alpha value is -0.170. The van der Waals surface area contributed by atoms with Gasteiger partial charge in [-0.3, -0.25) is 0 Å². The molecule has 0 aromatic rings. The minimum Gasteiger partial charge on any atom is -0.396 e. The van der Waals surface area contributed by atoms with Crippen molar-refractivity contribution in [1.29, 1.82) is 0 Å². The van der Waals surface area contributed by atoms with E-state index >= 15 is 0 Å². The van der Waals surface area contributed by atoms with Crippen LogP contribution in [0.1, 0.15) is 38.5 Å². The molecule has 0 spiro atoms. The molecule has 2 N–H and O–H groups in total. The van der Waals surface area contributed by atoms with Crippen LogP contribution in [0.15, 0.2) is 0 Å². The number of nitrogens with zero attached hydrogens (tertiary/aromatic N) is 1. The maximum atomic E-state index is 12.1. The monoisotopic (exact) mass is 248 g/mol. The molecule has 2 aliphatic carbocycles. The Bertz CT molecular complexity index is 323. The van der Waals surface area contributed by atoms with E-state index in [0.717, 1.165) is 32.1 Å². The summed E-state index contributed by atoms with van der Waals surface area (Å²) in [5.41, 5.74) is 0. The van der Waals surface area contributed by atoms with E-state index in [1.54, 1.807) is 4.31 Å². The largest absolute Gasteiger partial charge is 0.396 e. The van der Waals surface area contributed by atoms with Crippen LogP contribution in [0.4, 0.5) is 0 Å². The Labute approximate surface area is 97.0 Å². The van der Waals surface area contributed by atoms with Crippen molar-refractivity contribution in [3.8, 4) is 0 Å². The van der Waals surface area contributed by atoms with E-state index in [-0.39, 0.29) is 18.7 Å². The average molecular weight is 248 g/mol. The third kappa shape index (κ3) is 2.94. The van der Waals surface area contributed by atoms with Gasteiger partial charge in [-0.2, -0.15) is 17.4 Å². The van der Waals surface area contributed by atoms with Gasteiger partial charge in [0.2, 0.25) is 0 Å². The molecule has 2 aliphatic rings. The lowest BCUT2D eigenvalue weighted by Crippen LogP contribution is -2.50. The minimum absolute atomic E-state index is 0.0438. The molecule has 0 amide bonds. The Morgan fingerprint density at radius 1 is 1.25 bits per heavy atom. The predicted molar refractivity (Wildman–Crippen MR) is 61.1 cm³/mol. The summed E-state index contributed by atoms with van der Waals surface area (Å²) >= 11 is 0. The number of hydrogen-bond donors (Lipinski definition) is 2. The van der Waals surface area contributed by atoms with Gasteiger partial charge in [0.15, 0.2) is 0 Å².